The van der Waals surface area contributed by atoms with E-state index in [9.17, 15) is 4.79 Å². The SMILES string of the molecule is CCC(C)N(C)C1CCCC(N)(C(N)=O)C1. The lowest BCUT2D eigenvalue weighted by atomic mass is 9.78. The van der Waals surface area contributed by atoms with Gasteiger partial charge in [-0.15, -0.1) is 0 Å². The van der Waals surface area contributed by atoms with Gasteiger partial charge in [-0.25, -0.2) is 0 Å². The van der Waals surface area contributed by atoms with E-state index in [1.807, 2.05) is 0 Å². The number of carbonyl (C=O) groups excluding carboxylic acids is 1. The van der Waals surface area contributed by atoms with Crippen LogP contribution in [0.4, 0.5) is 0 Å². The van der Waals surface area contributed by atoms with Crippen molar-refractivity contribution < 1.29 is 4.79 Å². The summed E-state index contributed by atoms with van der Waals surface area (Å²) < 4.78 is 0. The number of nitrogens with zero attached hydrogens (tertiary/aromatic N) is 1. The topological polar surface area (TPSA) is 72.3 Å². The van der Waals surface area contributed by atoms with Crippen LogP contribution < -0.4 is 11.5 Å². The summed E-state index contributed by atoms with van der Waals surface area (Å²) in [4.78, 5) is 13.7. The predicted octanol–water partition coefficient (Wildman–Crippen LogP) is 0.842. The van der Waals surface area contributed by atoms with Gasteiger partial charge in [0.05, 0.1) is 5.54 Å². The number of amides is 1. The van der Waals surface area contributed by atoms with E-state index < -0.39 is 5.54 Å². The van der Waals surface area contributed by atoms with E-state index in [1.54, 1.807) is 0 Å². The highest BCUT2D eigenvalue weighted by Crippen LogP contribution is 2.29. The van der Waals surface area contributed by atoms with E-state index in [2.05, 4.69) is 25.8 Å². The fraction of sp³-hybridized carbons (Fsp3) is 0.917. The zero-order valence-electron chi connectivity index (χ0n) is 10.7. The van der Waals surface area contributed by atoms with Crippen molar-refractivity contribution in [3.05, 3.63) is 0 Å². The fourth-order valence-corrected chi connectivity index (χ4v) is 2.50. The van der Waals surface area contributed by atoms with Crippen molar-refractivity contribution in [3.8, 4) is 0 Å². The summed E-state index contributed by atoms with van der Waals surface area (Å²) in [5.41, 5.74) is 10.7. The standard InChI is InChI=1S/C12H25N3O/c1-4-9(2)15(3)10-6-5-7-12(14,8-10)11(13)16/h9-10H,4-8,14H2,1-3H3,(H2,13,16). The van der Waals surface area contributed by atoms with Gasteiger partial charge in [-0.1, -0.05) is 6.92 Å². The molecular weight excluding hydrogens is 202 g/mol. The van der Waals surface area contributed by atoms with Crippen molar-refractivity contribution in [1.29, 1.82) is 0 Å². The summed E-state index contributed by atoms with van der Waals surface area (Å²) in [7, 11) is 2.12. The van der Waals surface area contributed by atoms with Gasteiger partial charge in [0, 0.05) is 12.1 Å². The first kappa shape index (κ1) is 13.5. The molecule has 3 atom stereocenters. The van der Waals surface area contributed by atoms with Crippen molar-refractivity contribution in [3.63, 3.8) is 0 Å². The lowest BCUT2D eigenvalue weighted by molar-refractivity contribution is -0.125. The average Bonchev–Trinajstić information content (AvgIpc) is 2.27. The maximum absolute atomic E-state index is 11.4. The lowest BCUT2D eigenvalue weighted by Gasteiger charge is -2.41. The first-order valence-corrected chi connectivity index (χ1v) is 6.21. The van der Waals surface area contributed by atoms with Crippen molar-refractivity contribution in [1.82, 2.24) is 4.90 Å². The summed E-state index contributed by atoms with van der Waals surface area (Å²) in [5.74, 6) is -0.352. The summed E-state index contributed by atoms with van der Waals surface area (Å²) in [6.07, 6.45) is 4.65. The molecule has 1 rings (SSSR count). The van der Waals surface area contributed by atoms with Crippen LogP contribution in [-0.4, -0.2) is 35.5 Å². The monoisotopic (exact) mass is 227 g/mol. The van der Waals surface area contributed by atoms with E-state index in [4.69, 9.17) is 11.5 Å². The first-order valence-electron chi connectivity index (χ1n) is 6.21. The molecule has 1 aliphatic carbocycles. The van der Waals surface area contributed by atoms with E-state index in [-0.39, 0.29) is 5.91 Å². The zero-order valence-corrected chi connectivity index (χ0v) is 10.7. The molecule has 0 spiro atoms. The molecule has 0 aliphatic heterocycles. The van der Waals surface area contributed by atoms with Gasteiger partial charge in [0.1, 0.15) is 0 Å². The molecule has 0 aromatic rings. The third-order valence-corrected chi connectivity index (χ3v) is 4.11. The Morgan fingerprint density at radius 3 is 2.75 bits per heavy atom. The molecule has 94 valence electrons. The summed E-state index contributed by atoms with van der Waals surface area (Å²) >= 11 is 0. The van der Waals surface area contributed by atoms with E-state index in [1.165, 1.54) is 0 Å². The predicted molar refractivity (Wildman–Crippen MR) is 65.9 cm³/mol. The van der Waals surface area contributed by atoms with Crippen LogP contribution >= 0.6 is 0 Å². The van der Waals surface area contributed by atoms with Gasteiger partial charge >= 0.3 is 0 Å². The fourth-order valence-electron chi connectivity index (χ4n) is 2.50. The number of rotatable bonds is 4. The number of nitrogens with two attached hydrogens (primary N) is 2. The minimum absolute atomic E-state index is 0.352. The Morgan fingerprint density at radius 2 is 2.25 bits per heavy atom. The van der Waals surface area contributed by atoms with Gasteiger partial charge in [0.2, 0.25) is 5.91 Å². The number of hydrogen-bond donors (Lipinski definition) is 2. The average molecular weight is 227 g/mol. The van der Waals surface area contributed by atoms with E-state index in [0.717, 1.165) is 25.7 Å². The molecule has 0 heterocycles. The van der Waals surface area contributed by atoms with Crippen LogP contribution in [0.5, 0.6) is 0 Å². The minimum atomic E-state index is -0.787. The van der Waals surface area contributed by atoms with Crippen molar-refractivity contribution >= 4 is 5.91 Å². The molecule has 4 nitrogen and oxygen atoms in total. The Labute approximate surface area is 98.3 Å². The molecular formula is C12H25N3O. The number of carbonyl (C=O) groups is 1. The van der Waals surface area contributed by atoms with Gasteiger partial charge in [0.25, 0.3) is 0 Å². The second-order valence-electron chi connectivity index (χ2n) is 5.19. The second kappa shape index (κ2) is 5.15. The number of primary amides is 1. The zero-order chi connectivity index (χ0) is 12.3. The molecule has 3 unspecified atom stereocenters. The molecule has 0 saturated heterocycles. The summed E-state index contributed by atoms with van der Waals surface area (Å²) in [6.45, 7) is 4.38. The molecule has 4 N–H and O–H groups in total. The second-order valence-corrected chi connectivity index (χ2v) is 5.19. The largest absolute Gasteiger partial charge is 0.368 e. The lowest BCUT2D eigenvalue weighted by Crippen LogP contribution is -2.58. The smallest absolute Gasteiger partial charge is 0.237 e. The third kappa shape index (κ3) is 2.74. The molecule has 1 fully saturated rings. The van der Waals surface area contributed by atoms with Crippen LogP contribution in [0, 0.1) is 0 Å². The van der Waals surface area contributed by atoms with Gasteiger partial charge in [-0.05, 0) is 46.1 Å². The van der Waals surface area contributed by atoms with Crippen LogP contribution in [0.25, 0.3) is 0 Å². The maximum atomic E-state index is 11.4. The molecule has 1 saturated carbocycles. The molecule has 4 heteroatoms. The molecule has 0 aromatic carbocycles. The normalized spacial score (nSPS) is 32.7. The van der Waals surface area contributed by atoms with Gasteiger partial charge in [-0.2, -0.15) is 0 Å². The van der Waals surface area contributed by atoms with Gasteiger partial charge in [-0.3, -0.25) is 4.79 Å². The molecule has 16 heavy (non-hydrogen) atoms. The summed E-state index contributed by atoms with van der Waals surface area (Å²) in [6, 6.07) is 0.918. The highest BCUT2D eigenvalue weighted by Gasteiger charge is 2.39. The molecule has 1 aliphatic rings. The van der Waals surface area contributed by atoms with Crippen LogP contribution in [0.3, 0.4) is 0 Å². The quantitative estimate of drug-likeness (QED) is 0.747. The Hall–Kier alpha value is -0.610. The van der Waals surface area contributed by atoms with Gasteiger partial charge in [0.15, 0.2) is 0 Å². The molecule has 1 amide bonds. The molecule has 0 radical (unpaired) electrons. The Balaban J connectivity index is 2.67. The van der Waals surface area contributed by atoms with Crippen LogP contribution in [0.15, 0.2) is 0 Å². The molecule has 0 aromatic heterocycles. The minimum Gasteiger partial charge on any atom is -0.368 e. The van der Waals surface area contributed by atoms with Crippen LogP contribution in [0.2, 0.25) is 0 Å². The first-order chi connectivity index (χ1) is 7.40. The van der Waals surface area contributed by atoms with Crippen molar-refractivity contribution in [2.24, 2.45) is 11.5 Å². The summed E-state index contributed by atoms with van der Waals surface area (Å²) in [5, 5.41) is 0. The Bertz CT molecular complexity index is 257. The Kier molecular flexibility index (Phi) is 4.33. The van der Waals surface area contributed by atoms with Crippen molar-refractivity contribution in [2.75, 3.05) is 7.05 Å². The van der Waals surface area contributed by atoms with Crippen LogP contribution in [0.1, 0.15) is 46.0 Å². The highest BCUT2D eigenvalue weighted by atomic mass is 16.1. The molecule has 0 bridgehead atoms. The highest BCUT2D eigenvalue weighted by molar-refractivity contribution is 5.84. The van der Waals surface area contributed by atoms with E-state index >= 15 is 0 Å². The Morgan fingerprint density at radius 1 is 1.62 bits per heavy atom. The van der Waals surface area contributed by atoms with Gasteiger partial charge < -0.3 is 16.4 Å². The maximum Gasteiger partial charge on any atom is 0.237 e. The third-order valence-electron chi connectivity index (χ3n) is 4.11. The van der Waals surface area contributed by atoms with E-state index in [0.29, 0.717) is 18.5 Å². The van der Waals surface area contributed by atoms with Crippen molar-refractivity contribution in [2.45, 2.75) is 63.6 Å². The van der Waals surface area contributed by atoms with Crippen LogP contribution in [-0.2, 0) is 4.79 Å². The number of hydrogen-bond acceptors (Lipinski definition) is 3.